The van der Waals surface area contributed by atoms with Crippen molar-refractivity contribution in [3.05, 3.63) is 24.3 Å². The summed E-state index contributed by atoms with van der Waals surface area (Å²) in [6.45, 7) is 3.87. The molecule has 0 unspecified atom stereocenters. The number of hydrogen-bond acceptors (Lipinski definition) is 7. The van der Waals surface area contributed by atoms with E-state index in [2.05, 4.69) is 19.9 Å². The average Bonchev–Trinajstić information content (AvgIpc) is 3.30. The van der Waals surface area contributed by atoms with E-state index in [-0.39, 0.29) is 24.0 Å². The Kier molecular flexibility index (Phi) is 4.90. The second-order valence-electron chi connectivity index (χ2n) is 8.25. The molecule has 2 aromatic rings. The molecule has 9 nitrogen and oxygen atoms in total. The number of nitrogens with one attached hydrogen (secondary N) is 1. The van der Waals surface area contributed by atoms with Gasteiger partial charge in [0.05, 0.1) is 36.8 Å². The van der Waals surface area contributed by atoms with E-state index in [1.54, 1.807) is 6.21 Å². The molecule has 1 aliphatic carbocycles. The lowest BCUT2D eigenvalue weighted by Crippen LogP contribution is -2.31. The zero-order valence-electron chi connectivity index (χ0n) is 17.0. The van der Waals surface area contributed by atoms with Crippen LogP contribution >= 0.6 is 0 Å². The first-order valence-corrected chi connectivity index (χ1v) is 10.5. The molecule has 1 saturated carbocycles. The fourth-order valence-corrected chi connectivity index (χ4v) is 3.81. The Morgan fingerprint density at radius 3 is 2.93 bits per heavy atom. The van der Waals surface area contributed by atoms with E-state index in [1.165, 1.54) is 6.20 Å². The predicted octanol–water partition coefficient (Wildman–Crippen LogP) is 1.44. The van der Waals surface area contributed by atoms with Gasteiger partial charge < -0.3 is 25.1 Å². The molecule has 1 amide bonds. The summed E-state index contributed by atoms with van der Waals surface area (Å²) in [7, 11) is 0. The van der Waals surface area contributed by atoms with Crippen LogP contribution < -0.4 is 15.8 Å². The van der Waals surface area contributed by atoms with E-state index in [4.69, 9.17) is 20.2 Å². The number of nitrogens with two attached hydrogens (primary N) is 1. The summed E-state index contributed by atoms with van der Waals surface area (Å²) in [5.41, 5.74) is 8.97. The van der Waals surface area contributed by atoms with E-state index in [0.717, 1.165) is 23.9 Å². The molecule has 2 aromatic heterocycles. The first-order valence-electron chi connectivity index (χ1n) is 10.5. The number of aromatic nitrogens is 3. The molecule has 3 fully saturated rings. The minimum Gasteiger partial charge on any atom is -0.473 e. The molecule has 0 bridgehead atoms. The number of hydrogen-bond donors (Lipinski definition) is 2. The molecule has 158 valence electrons. The lowest BCUT2D eigenvalue weighted by Gasteiger charge is -2.22. The maximum absolute atomic E-state index is 11.6. The number of aliphatic imine (C=N–C) groups is 1. The van der Waals surface area contributed by atoms with Crippen LogP contribution in [0.5, 0.6) is 5.88 Å². The Balaban J connectivity index is 1.49. The van der Waals surface area contributed by atoms with Crippen molar-refractivity contribution in [2.45, 2.75) is 44.4 Å². The van der Waals surface area contributed by atoms with Crippen LogP contribution in [0.1, 0.15) is 37.9 Å². The third-order valence-corrected chi connectivity index (χ3v) is 5.95. The number of imidazole rings is 1. The second-order valence-corrected chi connectivity index (χ2v) is 8.25. The molecule has 9 heteroatoms. The number of carbonyl (C=O) groups excluding carboxylic acids is 1. The smallest absolute Gasteiger partial charge is 0.241 e. The molecule has 2 saturated heterocycles. The van der Waals surface area contributed by atoms with Crippen molar-refractivity contribution in [1.82, 2.24) is 19.9 Å². The van der Waals surface area contributed by atoms with Gasteiger partial charge in [0.2, 0.25) is 11.8 Å². The number of allylic oxidation sites excluding steroid dienone is 1. The first-order chi connectivity index (χ1) is 14.6. The normalized spacial score (nSPS) is 23.7. The fraction of sp³-hybridized carbons (Fsp3) is 0.524. The molecular formula is C21H26N6O3. The number of pyridine rings is 1. The van der Waals surface area contributed by atoms with Gasteiger partial charge in [-0.15, -0.1) is 0 Å². The average molecular weight is 410 g/mol. The second kappa shape index (κ2) is 7.71. The van der Waals surface area contributed by atoms with Crippen molar-refractivity contribution >= 4 is 28.7 Å². The zero-order chi connectivity index (χ0) is 20.7. The van der Waals surface area contributed by atoms with Crippen LogP contribution in [-0.4, -0.2) is 58.6 Å². The topological polar surface area (TPSA) is 117 Å². The van der Waals surface area contributed by atoms with Gasteiger partial charge >= 0.3 is 0 Å². The molecular weight excluding hydrogens is 384 g/mol. The van der Waals surface area contributed by atoms with E-state index in [9.17, 15) is 4.79 Å². The van der Waals surface area contributed by atoms with Gasteiger partial charge in [-0.05, 0) is 25.8 Å². The van der Waals surface area contributed by atoms with Gasteiger partial charge in [0.1, 0.15) is 11.6 Å². The maximum Gasteiger partial charge on any atom is 0.241 e. The standard InChI is InChI=1S/C21H26N6O3/c1-12(13-4-19(28)24-7-13)30-21-20-18(25-11-27(20)16-2-3-16)5-17(26-21)14(6-22)8-23-15-9-29-10-15/h5-6,8,11-13,15-16H,2-4,7,9-10,22H2,1H3,(H,24,28)/t12-,13-/m1/s1. The molecule has 30 heavy (non-hydrogen) atoms. The monoisotopic (exact) mass is 410 g/mol. The molecule has 2 aliphatic heterocycles. The van der Waals surface area contributed by atoms with Gasteiger partial charge in [-0.2, -0.15) is 0 Å². The molecule has 5 rings (SSSR count). The van der Waals surface area contributed by atoms with Gasteiger partial charge in [0.25, 0.3) is 0 Å². The highest BCUT2D eigenvalue weighted by Crippen LogP contribution is 2.40. The minimum absolute atomic E-state index is 0.0647. The summed E-state index contributed by atoms with van der Waals surface area (Å²) in [5.74, 6) is 0.702. The van der Waals surface area contributed by atoms with Crippen molar-refractivity contribution in [3.8, 4) is 5.88 Å². The van der Waals surface area contributed by atoms with E-state index < -0.39 is 0 Å². The Hall–Kier alpha value is -2.94. The molecule has 0 radical (unpaired) electrons. The van der Waals surface area contributed by atoms with Crippen molar-refractivity contribution in [3.63, 3.8) is 0 Å². The van der Waals surface area contributed by atoms with Gasteiger partial charge in [-0.3, -0.25) is 9.79 Å². The summed E-state index contributed by atoms with van der Waals surface area (Å²) in [4.78, 5) is 25.6. The number of carbonyl (C=O) groups is 1. The van der Waals surface area contributed by atoms with Crippen LogP contribution in [0.2, 0.25) is 0 Å². The van der Waals surface area contributed by atoms with Crippen LogP contribution in [0, 0.1) is 5.92 Å². The highest BCUT2D eigenvalue weighted by Gasteiger charge is 2.31. The Morgan fingerprint density at radius 2 is 2.30 bits per heavy atom. The maximum atomic E-state index is 11.6. The third kappa shape index (κ3) is 3.65. The van der Waals surface area contributed by atoms with Crippen molar-refractivity contribution < 1.29 is 14.3 Å². The number of rotatable bonds is 7. The first kappa shape index (κ1) is 19.0. The van der Waals surface area contributed by atoms with E-state index in [0.29, 0.717) is 49.4 Å². The molecule has 3 aliphatic rings. The van der Waals surface area contributed by atoms with E-state index >= 15 is 0 Å². The van der Waals surface area contributed by atoms with Crippen molar-refractivity contribution in [2.24, 2.45) is 16.6 Å². The van der Waals surface area contributed by atoms with Crippen LogP contribution in [0.25, 0.3) is 16.6 Å². The van der Waals surface area contributed by atoms with Crippen LogP contribution in [0.15, 0.2) is 23.6 Å². The third-order valence-electron chi connectivity index (χ3n) is 5.95. The number of amides is 1. The summed E-state index contributed by atoms with van der Waals surface area (Å²) < 4.78 is 13.7. The van der Waals surface area contributed by atoms with Crippen molar-refractivity contribution in [2.75, 3.05) is 19.8 Å². The Morgan fingerprint density at radius 1 is 1.47 bits per heavy atom. The van der Waals surface area contributed by atoms with Crippen LogP contribution in [0.4, 0.5) is 0 Å². The van der Waals surface area contributed by atoms with Gasteiger partial charge in [0.15, 0.2) is 0 Å². The highest BCUT2D eigenvalue weighted by atomic mass is 16.5. The SMILES string of the molecule is C[C@@H](Oc1nc(C(C=NC2COC2)=CN)cc2ncn(C3CC3)c12)[C@H]1CNC(=O)C1. The molecule has 4 heterocycles. The Bertz CT molecular complexity index is 1020. The largest absolute Gasteiger partial charge is 0.473 e. The predicted molar refractivity (Wildman–Crippen MR) is 112 cm³/mol. The lowest BCUT2D eigenvalue weighted by molar-refractivity contribution is -0.119. The Labute approximate surface area is 174 Å². The van der Waals surface area contributed by atoms with Crippen LogP contribution in [0.3, 0.4) is 0 Å². The highest BCUT2D eigenvalue weighted by molar-refractivity contribution is 6.09. The summed E-state index contributed by atoms with van der Waals surface area (Å²) in [6, 6.07) is 2.54. The molecule has 0 aromatic carbocycles. The van der Waals surface area contributed by atoms with Gasteiger partial charge in [0, 0.05) is 42.9 Å². The van der Waals surface area contributed by atoms with Crippen LogP contribution in [-0.2, 0) is 9.53 Å². The number of fused-ring (bicyclic) bond motifs is 1. The zero-order valence-corrected chi connectivity index (χ0v) is 17.0. The number of ether oxygens (including phenoxy) is 2. The quantitative estimate of drug-likeness (QED) is 0.667. The fourth-order valence-electron chi connectivity index (χ4n) is 3.81. The molecule has 3 N–H and O–H groups in total. The lowest BCUT2D eigenvalue weighted by atomic mass is 10.0. The number of nitrogens with zero attached hydrogens (tertiary/aromatic N) is 4. The van der Waals surface area contributed by atoms with E-state index in [1.807, 2.05) is 19.3 Å². The molecule has 0 spiro atoms. The summed E-state index contributed by atoms with van der Waals surface area (Å²) in [5, 5.41) is 2.87. The summed E-state index contributed by atoms with van der Waals surface area (Å²) >= 11 is 0. The molecule has 2 atom stereocenters. The van der Waals surface area contributed by atoms with Crippen molar-refractivity contribution in [1.29, 1.82) is 0 Å². The minimum atomic E-state index is -0.163. The van der Waals surface area contributed by atoms with Gasteiger partial charge in [-0.25, -0.2) is 9.97 Å². The summed E-state index contributed by atoms with van der Waals surface area (Å²) in [6.07, 6.45) is 7.67. The van der Waals surface area contributed by atoms with Gasteiger partial charge in [-0.1, -0.05) is 0 Å².